The molecule has 0 bridgehead atoms. The fraction of sp³-hybridized carbons (Fsp3) is 0.333. The number of nitrogens with zero attached hydrogens (tertiary/aromatic N) is 2. The van der Waals surface area contributed by atoms with E-state index in [9.17, 15) is 4.79 Å². The number of hydrogen-bond acceptors (Lipinski definition) is 3. The second-order valence-electron chi connectivity index (χ2n) is 5.24. The predicted molar refractivity (Wildman–Crippen MR) is 79.5 cm³/mol. The van der Waals surface area contributed by atoms with E-state index in [4.69, 9.17) is 0 Å². The van der Waals surface area contributed by atoms with Crippen molar-refractivity contribution in [3.05, 3.63) is 48.3 Å². The van der Waals surface area contributed by atoms with Crippen LogP contribution in [-0.2, 0) is 11.3 Å². The number of benzene rings is 1. The maximum atomic E-state index is 12.0. The molecule has 1 amide bonds. The van der Waals surface area contributed by atoms with Crippen LogP contribution in [-0.4, -0.2) is 28.3 Å². The summed E-state index contributed by atoms with van der Waals surface area (Å²) in [5, 5.41) is 10.1. The largest absolute Gasteiger partial charge is 0.322 e. The highest BCUT2D eigenvalue weighted by Gasteiger charge is 2.25. The summed E-state index contributed by atoms with van der Waals surface area (Å²) in [4.78, 5) is 12.0. The second kappa shape index (κ2) is 5.88. The topological polar surface area (TPSA) is 59.0 Å². The minimum absolute atomic E-state index is 0.0840. The zero-order valence-corrected chi connectivity index (χ0v) is 12.1. The van der Waals surface area contributed by atoms with Gasteiger partial charge in [0.15, 0.2) is 0 Å². The zero-order chi connectivity index (χ0) is 14.6. The fourth-order valence-electron chi connectivity index (χ4n) is 1.69. The van der Waals surface area contributed by atoms with E-state index in [2.05, 4.69) is 15.7 Å². The summed E-state index contributed by atoms with van der Waals surface area (Å²) in [6, 6.07) is 10.1. The molecule has 2 aromatic rings. The second-order valence-corrected chi connectivity index (χ2v) is 5.24. The molecule has 0 saturated carbocycles. The van der Waals surface area contributed by atoms with Gasteiger partial charge in [0.25, 0.3) is 0 Å². The molecule has 5 nitrogen and oxygen atoms in total. The molecule has 20 heavy (non-hydrogen) atoms. The summed E-state index contributed by atoms with van der Waals surface area (Å²) < 4.78 is 1.80. The van der Waals surface area contributed by atoms with Gasteiger partial charge in [-0.15, -0.1) is 0 Å². The van der Waals surface area contributed by atoms with Crippen LogP contribution in [0.15, 0.2) is 42.7 Å². The van der Waals surface area contributed by atoms with Crippen LogP contribution >= 0.6 is 0 Å². The first-order chi connectivity index (χ1) is 9.51. The monoisotopic (exact) mass is 272 g/mol. The third kappa shape index (κ3) is 3.45. The van der Waals surface area contributed by atoms with Crippen LogP contribution in [0.5, 0.6) is 0 Å². The predicted octanol–water partition coefficient (Wildman–Crippen LogP) is 1.87. The van der Waals surface area contributed by atoms with Crippen molar-refractivity contribution in [1.82, 2.24) is 15.1 Å². The Hall–Kier alpha value is -2.14. The lowest BCUT2D eigenvalue weighted by Crippen LogP contribution is -2.47. The van der Waals surface area contributed by atoms with Gasteiger partial charge in [0, 0.05) is 6.20 Å². The molecule has 0 atom stereocenters. The number of anilines is 1. The normalized spacial score (nSPS) is 11.3. The summed E-state index contributed by atoms with van der Waals surface area (Å²) in [6.45, 7) is 4.35. The van der Waals surface area contributed by atoms with Gasteiger partial charge in [-0.05, 0) is 26.5 Å². The lowest BCUT2D eigenvalue weighted by atomic mass is 10.1. The van der Waals surface area contributed by atoms with Gasteiger partial charge in [-0.3, -0.25) is 9.48 Å². The number of nitrogens with one attached hydrogen (secondary N) is 2. The van der Waals surface area contributed by atoms with Crippen LogP contribution in [0.1, 0.15) is 19.4 Å². The van der Waals surface area contributed by atoms with E-state index in [0.29, 0.717) is 12.2 Å². The molecule has 0 aliphatic heterocycles. The van der Waals surface area contributed by atoms with Crippen LogP contribution in [0, 0.1) is 0 Å². The Morgan fingerprint density at radius 1 is 1.30 bits per heavy atom. The summed E-state index contributed by atoms with van der Waals surface area (Å²) in [6.07, 6.45) is 3.49. The minimum atomic E-state index is -0.610. The van der Waals surface area contributed by atoms with E-state index in [0.717, 1.165) is 0 Å². The molecule has 106 valence electrons. The first-order valence-electron chi connectivity index (χ1n) is 6.58. The Kier molecular flexibility index (Phi) is 4.20. The number of amides is 1. The van der Waals surface area contributed by atoms with Gasteiger partial charge < -0.3 is 10.6 Å². The maximum absolute atomic E-state index is 12.0. The average Bonchev–Trinajstić information content (AvgIpc) is 2.87. The molecule has 1 aromatic carbocycles. The molecule has 2 N–H and O–H groups in total. The van der Waals surface area contributed by atoms with Gasteiger partial charge in [0.05, 0.1) is 24.0 Å². The number of carbonyl (C=O) groups is 1. The number of carbonyl (C=O) groups excluding carboxylic acids is 1. The lowest BCUT2D eigenvalue weighted by molar-refractivity contribution is -0.121. The number of aromatic nitrogens is 2. The molecular formula is C15H20N4O. The highest BCUT2D eigenvalue weighted by molar-refractivity contribution is 5.97. The maximum Gasteiger partial charge on any atom is 0.244 e. The van der Waals surface area contributed by atoms with Crippen LogP contribution in [0.4, 0.5) is 5.69 Å². The van der Waals surface area contributed by atoms with E-state index in [1.165, 1.54) is 5.56 Å². The van der Waals surface area contributed by atoms with Crippen LogP contribution in [0.3, 0.4) is 0 Å². The minimum Gasteiger partial charge on any atom is -0.322 e. The highest BCUT2D eigenvalue weighted by Crippen LogP contribution is 2.11. The Bertz CT molecular complexity index is 575. The SMILES string of the molecule is CNC(C)(C)C(=O)Nc1cnn(Cc2ccccc2)c1. The molecule has 1 heterocycles. The zero-order valence-electron chi connectivity index (χ0n) is 12.1. The number of likely N-dealkylation sites (N-methyl/N-ethyl adjacent to an activating group) is 1. The quantitative estimate of drug-likeness (QED) is 0.873. The molecule has 0 radical (unpaired) electrons. The van der Waals surface area contributed by atoms with Gasteiger partial charge in [-0.1, -0.05) is 30.3 Å². The van der Waals surface area contributed by atoms with Crippen LogP contribution in [0.25, 0.3) is 0 Å². The molecule has 0 spiro atoms. The summed E-state index contributed by atoms with van der Waals surface area (Å²) in [5.41, 5.74) is 1.26. The Balaban J connectivity index is 2.01. The molecular weight excluding hydrogens is 252 g/mol. The molecule has 0 fully saturated rings. The molecule has 5 heteroatoms. The van der Waals surface area contributed by atoms with Crippen molar-refractivity contribution in [2.75, 3.05) is 12.4 Å². The summed E-state index contributed by atoms with van der Waals surface area (Å²) >= 11 is 0. The highest BCUT2D eigenvalue weighted by atomic mass is 16.2. The van der Waals surface area contributed by atoms with Crippen molar-refractivity contribution in [3.8, 4) is 0 Å². The van der Waals surface area contributed by atoms with E-state index < -0.39 is 5.54 Å². The standard InChI is InChI=1S/C15H20N4O/c1-15(2,16-3)14(20)18-13-9-17-19(11-13)10-12-7-5-4-6-8-12/h4-9,11,16H,10H2,1-3H3,(H,18,20). The van der Waals surface area contributed by atoms with Gasteiger partial charge >= 0.3 is 0 Å². The Morgan fingerprint density at radius 2 is 2.00 bits per heavy atom. The molecule has 0 aliphatic carbocycles. The molecule has 0 saturated heterocycles. The van der Waals surface area contributed by atoms with Crippen molar-refractivity contribution in [3.63, 3.8) is 0 Å². The smallest absolute Gasteiger partial charge is 0.244 e. The van der Waals surface area contributed by atoms with Crippen LogP contribution < -0.4 is 10.6 Å². The van der Waals surface area contributed by atoms with E-state index >= 15 is 0 Å². The van der Waals surface area contributed by atoms with Crippen molar-refractivity contribution in [2.24, 2.45) is 0 Å². The van der Waals surface area contributed by atoms with Gasteiger partial charge in [0.1, 0.15) is 0 Å². The van der Waals surface area contributed by atoms with Gasteiger partial charge in [-0.25, -0.2) is 0 Å². The first-order valence-corrected chi connectivity index (χ1v) is 6.58. The summed E-state index contributed by atoms with van der Waals surface area (Å²) in [7, 11) is 1.76. The van der Waals surface area contributed by atoms with Crippen molar-refractivity contribution in [2.45, 2.75) is 25.9 Å². The number of rotatable bonds is 5. The van der Waals surface area contributed by atoms with Crippen molar-refractivity contribution in [1.29, 1.82) is 0 Å². The average molecular weight is 272 g/mol. The Morgan fingerprint density at radius 3 is 2.65 bits per heavy atom. The van der Waals surface area contributed by atoms with Crippen molar-refractivity contribution < 1.29 is 4.79 Å². The molecule has 2 rings (SSSR count). The molecule has 0 aliphatic rings. The van der Waals surface area contributed by atoms with Gasteiger partial charge in [-0.2, -0.15) is 5.10 Å². The number of hydrogen-bond donors (Lipinski definition) is 2. The molecule has 0 unspecified atom stereocenters. The van der Waals surface area contributed by atoms with E-state index in [1.54, 1.807) is 17.9 Å². The van der Waals surface area contributed by atoms with Crippen LogP contribution in [0.2, 0.25) is 0 Å². The van der Waals surface area contributed by atoms with Gasteiger partial charge in [0.2, 0.25) is 5.91 Å². The van der Waals surface area contributed by atoms with E-state index in [-0.39, 0.29) is 5.91 Å². The fourth-order valence-corrected chi connectivity index (χ4v) is 1.69. The third-order valence-electron chi connectivity index (χ3n) is 3.27. The Labute approximate surface area is 119 Å². The van der Waals surface area contributed by atoms with Crippen molar-refractivity contribution >= 4 is 11.6 Å². The summed E-state index contributed by atoms with van der Waals surface area (Å²) in [5.74, 6) is -0.0840. The van der Waals surface area contributed by atoms with E-state index in [1.807, 2.05) is 50.4 Å². The third-order valence-corrected chi connectivity index (χ3v) is 3.27. The molecule has 1 aromatic heterocycles. The lowest BCUT2D eigenvalue weighted by Gasteiger charge is -2.22. The first kappa shape index (κ1) is 14.3.